The zero-order chi connectivity index (χ0) is 36.3. The van der Waals surface area contributed by atoms with Crippen LogP contribution in [0.1, 0.15) is 29.0 Å². The van der Waals surface area contributed by atoms with E-state index in [1.165, 1.54) is 16.2 Å². The predicted octanol–water partition coefficient (Wildman–Crippen LogP) is 11.8. The van der Waals surface area contributed by atoms with Gasteiger partial charge in [-0.3, -0.25) is 5.32 Å². The van der Waals surface area contributed by atoms with Crippen molar-refractivity contribution >= 4 is 38.4 Å². The summed E-state index contributed by atoms with van der Waals surface area (Å²) in [5.41, 5.74) is 8.60. The average molecular weight is 711 g/mol. The van der Waals surface area contributed by atoms with Gasteiger partial charge in [0.25, 0.3) is 0 Å². The van der Waals surface area contributed by atoms with Gasteiger partial charge in [0, 0.05) is 22.0 Å². The number of aliphatic imine (C=N–C) groups is 1. The molecule has 8 aromatic carbocycles. The van der Waals surface area contributed by atoms with Crippen molar-refractivity contribution in [2.24, 2.45) is 4.99 Å². The number of hydrogen-bond acceptors (Lipinski definition) is 5. The molecule has 6 heteroatoms. The van der Waals surface area contributed by atoms with Crippen molar-refractivity contribution in [3.63, 3.8) is 0 Å². The third-order valence-electron chi connectivity index (χ3n) is 10.7. The lowest BCUT2D eigenvalue weighted by molar-refractivity contribution is 0.362. The van der Waals surface area contributed by atoms with Crippen molar-refractivity contribution in [1.82, 2.24) is 15.2 Å². The molecule has 0 fully saturated rings. The highest BCUT2D eigenvalue weighted by Gasteiger charge is 2.28. The van der Waals surface area contributed by atoms with Crippen LogP contribution in [0.3, 0.4) is 0 Å². The standard InChI is InChI=1S/C49H34N4O2/c1-3-14-32(15-4-1)47-50-48(33-16-5-2-6-17-33)52-49(51-47)36-20-11-18-34(29-36)35-19-12-21-37(30-35)53-40-27-25-31-13-7-8-22-38(31)44(40)39-26-28-43-46(45(39)53)55-42-24-10-9-23-41(42)54-43/h1-30,47,49,51H,(H,50,52). The maximum absolute atomic E-state index is 6.70. The first-order chi connectivity index (χ1) is 27.2. The molecule has 0 amide bonds. The number of ether oxygens (including phenoxy) is 2. The maximum atomic E-state index is 6.70. The van der Waals surface area contributed by atoms with Crippen LogP contribution in [0.15, 0.2) is 187 Å². The molecule has 0 saturated carbocycles. The Morgan fingerprint density at radius 2 is 1.20 bits per heavy atom. The van der Waals surface area contributed by atoms with Crippen LogP contribution in [-0.4, -0.2) is 10.4 Å². The van der Waals surface area contributed by atoms with Crippen LogP contribution in [0.25, 0.3) is 49.4 Å². The number of hydrogen-bond donors (Lipinski definition) is 2. The summed E-state index contributed by atoms with van der Waals surface area (Å²) in [6.07, 6.45) is -0.372. The Morgan fingerprint density at radius 1 is 0.509 bits per heavy atom. The van der Waals surface area contributed by atoms with Gasteiger partial charge in [0.2, 0.25) is 0 Å². The summed E-state index contributed by atoms with van der Waals surface area (Å²) in [5, 5.41) is 12.1. The molecule has 0 saturated heterocycles. The summed E-state index contributed by atoms with van der Waals surface area (Å²) in [7, 11) is 0. The SMILES string of the molecule is c1ccc(C2=NC(c3cccc(-c4cccc(-n5c6ccc7ccccc7c6c6ccc7c(c65)Oc5ccccc5O7)c4)c3)NC(c3ccccc3)N2)cc1. The smallest absolute Gasteiger partial charge is 0.194 e. The minimum Gasteiger partial charge on any atom is -0.449 e. The molecule has 2 aliphatic heterocycles. The number of nitrogens with zero attached hydrogens (tertiary/aromatic N) is 2. The first-order valence-corrected chi connectivity index (χ1v) is 18.6. The van der Waals surface area contributed by atoms with Gasteiger partial charge < -0.3 is 19.4 Å². The number of rotatable bonds is 5. The van der Waals surface area contributed by atoms with E-state index in [1.54, 1.807) is 0 Å². The lowest BCUT2D eigenvalue weighted by atomic mass is 10.0. The first-order valence-electron chi connectivity index (χ1n) is 18.6. The fraction of sp³-hybridized carbons (Fsp3) is 0.0408. The molecule has 2 atom stereocenters. The zero-order valence-electron chi connectivity index (χ0n) is 29.7. The summed E-state index contributed by atoms with van der Waals surface area (Å²) in [6, 6.07) is 63.3. The highest BCUT2D eigenvalue weighted by atomic mass is 16.6. The van der Waals surface area contributed by atoms with E-state index in [4.69, 9.17) is 14.5 Å². The van der Waals surface area contributed by atoms with Gasteiger partial charge in [0.15, 0.2) is 23.0 Å². The number of amidine groups is 1. The highest BCUT2D eigenvalue weighted by Crippen LogP contribution is 2.51. The van der Waals surface area contributed by atoms with Crippen LogP contribution in [0.2, 0.25) is 0 Å². The molecule has 3 heterocycles. The van der Waals surface area contributed by atoms with Crippen molar-refractivity contribution in [2.45, 2.75) is 12.3 Å². The van der Waals surface area contributed by atoms with Gasteiger partial charge in [0.1, 0.15) is 23.7 Å². The van der Waals surface area contributed by atoms with E-state index in [1.807, 2.05) is 42.5 Å². The maximum Gasteiger partial charge on any atom is 0.194 e. The van der Waals surface area contributed by atoms with Crippen LogP contribution in [0.4, 0.5) is 0 Å². The van der Waals surface area contributed by atoms with Gasteiger partial charge in [-0.25, -0.2) is 4.99 Å². The van der Waals surface area contributed by atoms with Gasteiger partial charge in [-0.2, -0.15) is 0 Å². The zero-order valence-corrected chi connectivity index (χ0v) is 29.7. The van der Waals surface area contributed by atoms with Crippen molar-refractivity contribution in [2.75, 3.05) is 0 Å². The topological polar surface area (TPSA) is 59.8 Å². The van der Waals surface area contributed by atoms with E-state index >= 15 is 0 Å². The molecule has 0 spiro atoms. The van der Waals surface area contributed by atoms with Gasteiger partial charge >= 0.3 is 0 Å². The van der Waals surface area contributed by atoms with E-state index < -0.39 is 0 Å². The quantitative estimate of drug-likeness (QED) is 0.187. The molecule has 2 unspecified atom stereocenters. The third-order valence-corrected chi connectivity index (χ3v) is 10.7. The second-order valence-electron chi connectivity index (χ2n) is 14.0. The summed E-state index contributed by atoms with van der Waals surface area (Å²) in [4.78, 5) is 5.21. The Hall–Kier alpha value is -7.15. The Bertz CT molecular complexity index is 2950. The lowest BCUT2D eigenvalue weighted by Crippen LogP contribution is -2.44. The second kappa shape index (κ2) is 12.8. The van der Waals surface area contributed by atoms with Crippen molar-refractivity contribution < 1.29 is 9.47 Å². The molecule has 0 aliphatic carbocycles. The van der Waals surface area contributed by atoms with E-state index in [9.17, 15) is 0 Å². The summed E-state index contributed by atoms with van der Waals surface area (Å²) in [5.74, 6) is 3.68. The summed E-state index contributed by atoms with van der Waals surface area (Å²) >= 11 is 0. The normalized spacial score (nSPS) is 16.1. The van der Waals surface area contributed by atoms with E-state index in [0.29, 0.717) is 23.0 Å². The molecule has 0 radical (unpaired) electrons. The minimum absolute atomic E-state index is 0.110. The van der Waals surface area contributed by atoms with Gasteiger partial charge in [-0.1, -0.05) is 133 Å². The molecule has 2 aliphatic rings. The Kier molecular flexibility index (Phi) is 7.28. The summed E-state index contributed by atoms with van der Waals surface area (Å²) < 4.78 is 15.5. The van der Waals surface area contributed by atoms with Crippen LogP contribution < -0.4 is 20.1 Å². The molecule has 9 aromatic rings. The molecule has 1 aromatic heterocycles. The van der Waals surface area contributed by atoms with Crippen LogP contribution in [0, 0.1) is 0 Å². The van der Waals surface area contributed by atoms with Crippen LogP contribution in [0.5, 0.6) is 23.0 Å². The van der Waals surface area contributed by atoms with E-state index in [2.05, 4.69) is 155 Å². The molecule has 262 valence electrons. The van der Waals surface area contributed by atoms with Crippen molar-refractivity contribution in [1.29, 1.82) is 0 Å². The van der Waals surface area contributed by atoms with Gasteiger partial charge in [-0.15, -0.1) is 0 Å². The largest absolute Gasteiger partial charge is 0.449 e. The van der Waals surface area contributed by atoms with Gasteiger partial charge in [0.05, 0.1) is 5.52 Å². The first kappa shape index (κ1) is 31.4. The lowest BCUT2D eigenvalue weighted by Gasteiger charge is -2.32. The Labute approximate surface area is 317 Å². The molecular formula is C49H34N4O2. The Balaban J connectivity index is 1.05. The fourth-order valence-electron chi connectivity index (χ4n) is 8.12. The molecular weight excluding hydrogens is 677 g/mol. The average Bonchev–Trinajstić information content (AvgIpc) is 3.62. The molecule has 11 rings (SSSR count). The van der Waals surface area contributed by atoms with E-state index in [-0.39, 0.29) is 12.3 Å². The van der Waals surface area contributed by atoms with Crippen LogP contribution in [-0.2, 0) is 0 Å². The molecule has 55 heavy (non-hydrogen) atoms. The van der Waals surface area contributed by atoms with Crippen LogP contribution >= 0.6 is 0 Å². The predicted molar refractivity (Wildman–Crippen MR) is 221 cm³/mol. The monoisotopic (exact) mass is 710 g/mol. The molecule has 2 N–H and O–H groups in total. The number of aromatic nitrogens is 1. The van der Waals surface area contributed by atoms with Crippen molar-refractivity contribution in [3.8, 4) is 39.8 Å². The number of nitrogens with one attached hydrogen (secondary N) is 2. The fourth-order valence-corrected chi connectivity index (χ4v) is 8.12. The summed E-state index contributed by atoms with van der Waals surface area (Å²) in [6.45, 7) is 0. The molecule has 6 nitrogen and oxygen atoms in total. The number of para-hydroxylation sites is 2. The van der Waals surface area contributed by atoms with Gasteiger partial charge in [-0.05, 0) is 81.6 Å². The van der Waals surface area contributed by atoms with E-state index in [0.717, 1.165) is 55.8 Å². The number of benzene rings is 8. The van der Waals surface area contributed by atoms with Crippen molar-refractivity contribution in [3.05, 3.63) is 199 Å². The Morgan fingerprint density at radius 3 is 2.05 bits per heavy atom. The minimum atomic E-state index is -0.262. The second-order valence-corrected chi connectivity index (χ2v) is 14.0. The number of fused-ring (bicyclic) bond motifs is 8. The highest BCUT2D eigenvalue weighted by molar-refractivity contribution is 6.22. The molecule has 0 bridgehead atoms. The third kappa shape index (κ3) is 5.34.